The molecule has 0 aliphatic carbocycles. The molecule has 0 aromatic heterocycles. The molecule has 1 aromatic rings. The molecule has 0 amide bonds. The lowest BCUT2D eigenvalue weighted by Gasteiger charge is -2.14. The third kappa shape index (κ3) is 1.78. The minimum absolute atomic E-state index is 0.404. The Morgan fingerprint density at radius 3 is 2.93 bits per heavy atom. The molecule has 0 radical (unpaired) electrons. The fraction of sp³-hybridized carbons (Fsp3) is 0.455. The molecule has 14 heavy (non-hydrogen) atoms. The summed E-state index contributed by atoms with van der Waals surface area (Å²) in [5, 5.41) is 13.8. The van der Waals surface area contributed by atoms with Gasteiger partial charge in [0.1, 0.15) is 0 Å². The van der Waals surface area contributed by atoms with Crippen LogP contribution in [-0.2, 0) is 0 Å². The molecule has 0 bridgehead atoms. The van der Waals surface area contributed by atoms with Crippen LogP contribution in [0.4, 0.5) is 0 Å². The van der Waals surface area contributed by atoms with Crippen LogP contribution < -0.4 is 5.32 Å². The summed E-state index contributed by atoms with van der Waals surface area (Å²) in [5.41, 5.74) is 2.17. The van der Waals surface area contributed by atoms with E-state index in [4.69, 9.17) is 11.6 Å². The van der Waals surface area contributed by atoms with Gasteiger partial charge < -0.3 is 10.4 Å². The zero-order valence-electron chi connectivity index (χ0n) is 8.13. The molecule has 1 aromatic carbocycles. The molecule has 2 atom stereocenters. The second-order valence-electron chi connectivity index (χ2n) is 3.85. The average Bonchev–Trinajstić information content (AvgIpc) is 2.28. The highest BCUT2D eigenvalue weighted by atomic mass is 35.5. The van der Waals surface area contributed by atoms with Gasteiger partial charge in [-0.15, -0.1) is 0 Å². The Balaban J connectivity index is 2.48. The van der Waals surface area contributed by atoms with Crippen molar-refractivity contribution in [2.75, 3.05) is 13.1 Å². The summed E-state index contributed by atoms with van der Waals surface area (Å²) in [4.78, 5) is 0. The van der Waals surface area contributed by atoms with Crippen molar-refractivity contribution in [1.29, 1.82) is 0 Å². The van der Waals surface area contributed by atoms with E-state index in [1.54, 1.807) is 0 Å². The Labute approximate surface area is 88.9 Å². The van der Waals surface area contributed by atoms with Crippen molar-refractivity contribution in [1.82, 2.24) is 5.32 Å². The number of benzene rings is 1. The molecule has 1 aliphatic heterocycles. The van der Waals surface area contributed by atoms with Gasteiger partial charge in [-0.1, -0.05) is 24.6 Å². The van der Waals surface area contributed by atoms with Gasteiger partial charge in [0.2, 0.25) is 0 Å². The minimum atomic E-state index is -0.410. The molecule has 0 saturated heterocycles. The normalized spacial score (nSPS) is 26.8. The maximum atomic E-state index is 9.84. The third-order valence-corrected chi connectivity index (χ3v) is 2.96. The van der Waals surface area contributed by atoms with Gasteiger partial charge in [-0.2, -0.15) is 0 Å². The van der Waals surface area contributed by atoms with E-state index in [-0.39, 0.29) is 0 Å². The summed E-state index contributed by atoms with van der Waals surface area (Å²) in [6.07, 6.45) is -0.410. The Kier molecular flexibility index (Phi) is 2.77. The van der Waals surface area contributed by atoms with E-state index in [1.165, 1.54) is 0 Å². The molecular weight excluding hydrogens is 198 g/mol. The lowest BCUT2D eigenvalue weighted by atomic mass is 9.94. The first-order chi connectivity index (χ1) is 6.68. The second-order valence-corrected chi connectivity index (χ2v) is 4.28. The number of hydrogen-bond acceptors (Lipinski definition) is 2. The summed E-state index contributed by atoms with van der Waals surface area (Å²) in [5.74, 6) is 0.404. The van der Waals surface area contributed by atoms with E-state index in [2.05, 4.69) is 12.2 Å². The lowest BCUT2D eigenvalue weighted by Crippen LogP contribution is -2.21. The zero-order valence-corrected chi connectivity index (χ0v) is 8.88. The first-order valence-electron chi connectivity index (χ1n) is 4.86. The van der Waals surface area contributed by atoms with Crippen LogP contribution in [0.1, 0.15) is 30.1 Å². The van der Waals surface area contributed by atoms with E-state index in [1.807, 2.05) is 18.2 Å². The van der Waals surface area contributed by atoms with E-state index >= 15 is 0 Å². The quantitative estimate of drug-likeness (QED) is 0.689. The summed E-state index contributed by atoms with van der Waals surface area (Å²) in [7, 11) is 0. The molecular formula is C11H14ClNO. The van der Waals surface area contributed by atoms with Gasteiger partial charge in [0.25, 0.3) is 0 Å². The smallest absolute Gasteiger partial charge is 0.0917 e. The van der Waals surface area contributed by atoms with Gasteiger partial charge in [-0.25, -0.2) is 0 Å². The highest BCUT2D eigenvalue weighted by Gasteiger charge is 2.20. The topological polar surface area (TPSA) is 32.3 Å². The molecule has 2 nitrogen and oxygen atoms in total. The second kappa shape index (κ2) is 3.89. The van der Waals surface area contributed by atoms with E-state index in [0.717, 1.165) is 22.7 Å². The Hall–Kier alpha value is -0.570. The van der Waals surface area contributed by atoms with Crippen LogP contribution in [0.2, 0.25) is 5.02 Å². The van der Waals surface area contributed by atoms with Crippen LogP contribution in [0, 0.1) is 0 Å². The van der Waals surface area contributed by atoms with Crippen molar-refractivity contribution >= 4 is 11.6 Å². The highest BCUT2D eigenvalue weighted by Crippen LogP contribution is 2.29. The standard InChI is InChI=1S/C11H14ClNO/c1-7-5-13-6-11(14)9-3-2-8(12)4-10(7)9/h2-4,7,11,13-14H,5-6H2,1H3/t7-,11?/m0/s1. The first kappa shape index (κ1) is 9.97. The number of hydrogen-bond donors (Lipinski definition) is 2. The van der Waals surface area contributed by atoms with Gasteiger partial charge in [0.05, 0.1) is 6.10 Å². The summed E-state index contributed by atoms with van der Waals surface area (Å²) < 4.78 is 0. The summed E-state index contributed by atoms with van der Waals surface area (Å²) in [6.45, 7) is 3.66. The van der Waals surface area contributed by atoms with Gasteiger partial charge in [0.15, 0.2) is 0 Å². The Bertz CT molecular complexity index is 340. The van der Waals surface area contributed by atoms with Crippen LogP contribution in [0.25, 0.3) is 0 Å². The number of rotatable bonds is 0. The van der Waals surface area contributed by atoms with Crippen LogP contribution in [-0.4, -0.2) is 18.2 Å². The van der Waals surface area contributed by atoms with Crippen LogP contribution >= 0.6 is 11.6 Å². The van der Waals surface area contributed by atoms with Crippen molar-refractivity contribution in [3.05, 3.63) is 34.3 Å². The van der Waals surface area contributed by atoms with Gasteiger partial charge in [0, 0.05) is 18.1 Å². The Morgan fingerprint density at radius 1 is 1.36 bits per heavy atom. The maximum Gasteiger partial charge on any atom is 0.0917 e. The Morgan fingerprint density at radius 2 is 2.14 bits per heavy atom. The molecule has 76 valence electrons. The van der Waals surface area contributed by atoms with Crippen molar-refractivity contribution in [3.63, 3.8) is 0 Å². The average molecular weight is 212 g/mol. The van der Waals surface area contributed by atoms with Crippen molar-refractivity contribution < 1.29 is 5.11 Å². The predicted octanol–water partition coefficient (Wildman–Crippen LogP) is 2.08. The number of β-amino-alcohol motifs (C(OH)–C–C–N with tert-alkyl or cyclic N) is 1. The van der Waals surface area contributed by atoms with E-state index in [0.29, 0.717) is 12.5 Å². The van der Waals surface area contributed by atoms with Crippen LogP contribution in [0.15, 0.2) is 18.2 Å². The van der Waals surface area contributed by atoms with E-state index < -0.39 is 6.10 Å². The number of nitrogens with one attached hydrogen (secondary N) is 1. The first-order valence-corrected chi connectivity index (χ1v) is 5.24. The number of aliphatic hydroxyl groups excluding tert-OH is 1. The van der Waals surface area contributed by atoms with Crippen molar-refractivity contribution in [2.24, 2.45) is 0 Å². The monoisotopic (exact) mass is 211 g/mol. The molecule has 1 aliphatic rings. The SMILES string of the molecule is C[C@H]1CNCC(O)c2ccc(Cl)cc21. The van der Waals surface area contributed by atoms with Crippen molar-refractivity contribution in [2.45, 2.75) is 18.9 Å². The molecule has 2 rings (SSSR count). The van der Waals surface area contributed by atoms with Crippen molar-refractivity contribution in [3.8, 4) is 0 Å². The fourth-order valence-electron chi connectivity index (χ4n) is 1.93. The summed E-state index contributed by atoms with van der Waals surface area (Å²) >= 11 is 5.94. The number of aliphatic hydroxyl groups is 1. The molecule has 2 N–H and O–H groups in total. The number of fused-ring (bicyclic) bond motifs is 1. The van der Waals surface area contributed by atoms with Gasteiger partial charge in [-0.3, -0.25) is 0 Å². The maximum absolute atomic E-state index is 9.84. The molecule has 0 saturated carbocycles. The molecule has 0 fully saturated rings. The lowest BCUT2D eigenvalue weighted by molar-refractivity contribution is 0.178. The van der Waals surface area contributed by atoms with Crippen LogP contribution in [0.3, 0.4) is 0 Å². The minimum Gasteiger partial charge on any atom is -0.387 e. The highest BCUT2D eigenvalue weighted by molar-refractivity contribution is 6.30. The van der Waals surface area contributed by atoms with Crippen LogP contribution in [0.5, 0.6) is 0 Å². The van der Waals surface area contributed by atoms with E-state index in [9.17, 15) is 5.11 Å². The molecule has 1 heterocycles. The largest absolute Gasteiger partial charge is 0.387 e. The molecule has 0 spiro atoms. The molecule has 3 heteroatoms. The summed E-state index contributed by atoms with van der Waals surface area (Å²) in [6, 6.07) is 5.71. The molecule has 1 unspecified atom stereocenters. The van der Waals surface area contributed by atoms with Gasteiger partial charge in [-0.05, 0) is 29.2 Å². The predicted molar refractivity (Wildman–Crippen MR) is 57.7 cm³/mol. The third-order valence-electron chi connectivity index (χ3n) is 2.73. The fourth-order valence-corrected chi connectivity index (χ4v) is 2.11. The zero-order chi connectivity index (χ0) is 10.1. The number of halogens is 1. The van der Waals surface area contributed by atoms with Gasteiger partial charge >= 0.3 is 0 Å².